The average Bonchev–Trinajstić information content (AvgIpc) is 3.11. The van der Waals surface area contributed by atoms with Gasteiger partial charge < -0.3 is 21.1 Å². The molecule has 0 spiro atoms. The molecule has 1 aliphatic rings. The first-order valence-electron chi connectivity index (χ1n) is 10.3. The molecule has 0 bridgehead atoms. The van der Waals surface area contributed by atoms with E-state index in [2.05, 4.69) is 20.6 Å². The van der Waals surface area contributed by atoms with Crippen LogP contribution in [0.1, 0.15) is 0 Å². The lowest BCUT2D eigenvalue weighted by Gasteiger charge is -2.26. The second-order valence-corrected chi connectivity index (χ2v) is 7.78. The molecule has 1 aliphatic heterocycles. The first-order chi connectivity index (χ1) is 15.5. The van der Waals surface area contributed by atoms with E-state index in [4.69, 9.17) is 22.1 Å². The van der Waals surface area contributed by atoms with Crippen LogP contribution < -0.4 is 16.4 Å². The van der Waals surface area contributed by atoms with Crippen LogP contribution in [0.4, 0.5) is 20.7 Å². The predicted octanol–water partition coefficient (Wildman–Crippen LogP) is 3.37. The standard InChI is InChI=1S/C22H24ClFN6O2/c23-16-3-1-15(2-4-16)19-20(21(25)30(28-19)18-7-5-17(24)6-8-18)27-22(31)26-9-10-29-11-13-32-14-12-29/h1-8H,9-14,25H2,(H2,26,27,31). The smallest absolute Gasteiger partial charge is 0.319 e. The number of nitrogens with two attached hydrogens (primary N) is 1. The van der Waals surface area contributed by atoms with Gasteiger partial charge in [-0.25, -0.2) is 13.9 Å². The number of nitrogen functional groups attached to an aromatic ring is 1. The number of rotatable bonds is 6. The van der Waals surface area contributed by atoms with Crippen LogP contribution in [-0.2, 0) is 4.74 Å². The number of ether oxygens (including phenoxy) is 1. The summed E-state index contributed by atoms with van der Waals surface area (Å²) >= 11 is 6.01. The van der Waals surface area contributed by atoms with E-state index >= 15 is 0 Å². The zero-order valence-electron chi connectivity index (χ0n) is 17.4. The van der Waals surface area contributed by atoms with Crippen LogP contribution in [0.25, 0.3) is 16.9 Å². The maximum atomic E-state index is 13.4. The Morgan fingerprint density at radius 1 is 1.12 bits per heavy atom. The molecule has 1 fully saturated rings. The van der Waals surface area contributed by atoms with Gasteiger partial charge in [-0.3, -0.25) is 4.90 Å². The number of hydrogen-bond acceptors (Lipinski definition) is 5. The number of hydrogen-bond donors (Lipinski definition) is 3. The summed E-state index contributed by atoms with van der Waals surface area (Å²) in [5.74, 6) is -0.139. The molecule has 1 aromatic heterocycles. The lowest BCUT2D eigenvalue weighted by molar-refractivity contribution is 0.0388. The van der Waals surface area contributed by atoms with Gasteiger partial charge in [-0.2, -0.15) is 5.10 Å². The van der Waals surface area contributed by atoms with Gasteiger partial charge in [0.05, 0.1) is 18.9 Å². The lowest BCUT2D eigenvalue weighted by atomic mass is 10.1. The number of morpholine rings is 1. The molecule has 10 heteroatoms. The number of nitrogens with one attached hydrogen (secondary N) is 2. The SMILES string of the molecule is Nc1c(NC(=O)NCCN2CCOCC2)c(-c2ccc(Cl)cc2)nn1-c1ccc(F)cc1. The van der Waals surface area contributed by atoms with Gasteiger partial charge in [0.1, 0.15) is 17.2 Å². The summed E-state index contributed by atoms with van der Waals surface area (Å²) in [6, 6.07) is 12.4. The number of anilines is 2. The van der Waals surface area contributed by atoms with E-state index in [1.165, 1.54) is 16.8 Å². The summed E-state index contributed by atoms with van der Waals surface area (Å²) in [5.41, 5.74) is 8.49. The van der Waals surface area contributed by atoms with E-state index in [0.29, 0.717) is 41.8 Å². The predicted molar refractivity (Wildman–Crippen MR) is 123 cm³/mol. The third kappa shape index (κ3) is 5.18. The van der Waals surface area contributed by atoms with E-state index in [-0.39, 0.29) is 17.7 Å². The van der Waals surface area contributed by atoms with Gasteiger partial charge in [0.15, 0.2) is 5.82 Å². The number of amides is 2. The van der Waals surface area contributed by atoms with Crippen molar-refractivity contribution in [3.8, 4) is 16.9 Å². The molecule has 2 amide bonds. The molecule has 2 heterocycles. The Kier molecular flexibility index (Phi) is 6.89. The van der Waals surface area contributed by atoms with Gasteiger partial charge >= 0.3 is 6.03 Å². The Hall–Kier alpha value is -3.14. The molecular formula is C22H24ClFN6O2. The van der Waals surface area contributed by atoms with E-state index in [0.717, 1.165) is 25.2 Å². The molecule has 0 atom stereocenters. The highest BCUT2D eigenvalue weighted by atomic mass is 35.5. The fourth-order valence-corrected chi connectivity index (χ4v) is 3.58. The van der Waals surface area contributed by atoms with Crippen LogP contribution in [0, 0.1) is 5.82 Å². The van der Waals surface area contributed by atoms with Crippen molar-refractivity contribution in [1.29, 1.82) is 0 Å². The number of carbonyl (C=O) groups is 1. The zero-order valence-corrected chi connectivity index (χ0v) is 18.1. The lowest BCUT2D eigenvalue weighted by Crippen LogP contribution is -2.42. The second kappa shape index (κ2) is 9.99. The monoisotopic (exact) mass is 458 g/mol. The van der Waals surface area contributed by atoms with Crippen LogP contribution in [0.5, 0.6) is 0 Å². The summed E-state index contributed by atoms with van der Waals surface area (Å²) in [5, 5.41) is 10.8. The summed E-state index contributed by atoms with van der Waals surface area (Å²) in [6.07, 6.45) is 0. The number of benzene rings is 2. The second-order valence-electron chi connectivity index (χ2n) is 7.34. The average molecular weight is 459 g/mol. The zero-order chi connectivity index (χ0) is 22.5. The van der Waals surface area contributed by atoms with Crippen LogP contribution in [0.15, 0.2) is 48.5 Å². The molecule has 2 aromatic carbocycles. The summed E-state index contributed by atoms with van der Waals surface area (Å²) in [4.78, 5) is 14.8. The van der Waals surface area contributed by atoms with E-state index in [1.54, 1.807) is 36.4 Å². The maximum absolute atomic E-state index is 13.4. The molecule has 0 saturated carbocycles. The fourth-order valence-electron chi connectivity index (χ4n) is 3.45. The molecule has 4 rings (SSSR count). The van der Waals surface area contributed by atoms with Gasteiger partial charge in [-0.1, -0.05) is 23.7 Å². The Bertz CT molecular complexity index is 1070. The molecular weight excluding hydrogens is 435 g/mol. The van der Waals surface area contributed by atoms with Gasteiger partial charge in [-0.15, -0.1) is 0 Å². The maximum Gasteiger partial charge on any atom is 0.319 e. The molecule has 1 saturated heterocycles. The van der Waals surface area contributed by atoms with Crippen LogP contribution in [0.3, 0.4) is 0 Å². The number of nitrogens with zero attached hydrogens (tertiary/aromatic N) is 3. The molecule has 4 N–H and O–H groups in total. The summed E-state index contributed by atoms with van der Waals surface area (Å²) in [6.45, 7) is 4.31. The van der Waals surface area contributed by atoms with Gasteiger partial charge in [-0.05, 0) is 36.4 Å². The Morgan fingerprint density at radius 2 is 1.81 bits per heavy atom. The fraction of sp³-hybridized carbons (Fsp3) is 0.273. The van der Waals surface area contributed by atoms with Crippen molar-refractivity contribution in [2.75, 3.05) is 50.4 Å². The third-order valence-corrected chi connectivity index (χ3v) is 5.42. The van der Waals surface area contributed by atoms with Gasteiger partial charge in [0, 0.05) is 36.8 Å². The van der Waals surface area contributed by atoms with Crippen molar-refractivity contribution in [2.45, 2.75) is 0 Å². The minimum atomic E-state index is -0.390. The molecule has 168 valence electrons. The van der Waals surface area contributed by atoms with E-state index in [9.17, 15) is 9.18 Å². The van der Waals surface area contributed by atoms with Crippen molar-refractivity contribution in [3.05, 3.63) is 59.4 Å². The normalized spacial score (nSPS) is 14.3. The first kappa shape index (κ1) is 22.1. The summed E-state index contributed by atoms with van der Waals surface area (Å²) < 4.78 is 20.2. The largest absolute Gasteiger partial charge is 0.382 e. The van der Waals surface area contributed by atoms with Crippen molar-refractivity contribution in [3.63, 3.8) is 0 Å². The Labute approximate surface area is 190 Å². The third-order valence-electron chi connectivity index (χ3n) is 5.17. The molecule has 8 nitrogen and oxygen atoms in total. The Morgan fingerprint density at radius 3 is 2.50 bits per heavy atom. The minimum Gasteiger partial charge on any atom is -0.382 e. The van der Waals surface area contributed by atoms with Crippen molar-refractivity contribution in [1.82, 2.24) is 20.0 Å². The van der Waals surface area contributed by atoms with E-state index < -0.39 is 0 Å². The highest BCUT2D eigenvalue weighted by Crippen LogP contribution is 2.34. The van der Waals surface area contributed by atoms with Crippen LogP contribution in [-0.4, -0.2) is 60.1 Å². The van der Waals surface area contributed by atoms with Gasteiger partial charge in [0.25, 0.3) is 0 Å². The van der Waals surface area contributed by atoms with Gasteiger partial charge in [0.2, 0.25) is 0 Å². The van der Waals surface area contributed by atoms with Crippen LogP contribution in [0.2, 0.25) is 5.02 Å². The number of halogens is 2. The first-order valence-corrected chi connectivity index (χ1v) is 10.6. The quantitative estimate of drug-likeness (QED) is 0.526. The minimum absolute atomic E-state index is 0.227. The molecule has 0 radical (unpaired) electrons. The number of aromatic nitrogens is 2. The van der Waals surface area contributed by atoms with Crippen molar-refractivity contribution in [2.24, 2.45) is 0 Å². The molecule has 32 heavy (non-hydrogen) atoms. The Balaban J connectivity index is 1.55. The highest BCUT2D eigenvalue weighted by molar-refractivity contribution is 6.30. The van der Waals surface area contributed by atoms with E-state index in [1.807, 2.05) is 0 Å². The van der Waals surface area contributed by atoms with Crippen molar-refractivity contribution < 1.29 is 13.9 Å². The van der Waals surface area contributed by atoms with Crippen molar-refractivity contribution >= 4 is 29.1 Å². The topological polar surface area (TPSA) is 97.4 Å². The molecule has 0 aliphatic carbocycles. The molecule has 3 aromatic rings. The van der Waals surface area contributed by atoms with Crippen LogP contribution >= 0.6 is 11.6 Å². The number of carbonyl (C=O) groups excluding carboxylic acids is 1. The number of urea groups is 1. The summed E-state index contributed by atoms with van der Waals surface area (Å²) in [7, 11) is 0. The highest BCUT2D eigenvalue weighted by Gasteiger charge is 2.20. The molecule has 0 unspecified atom stereocenters.